The Morgan fingerprint density at radius 2 is 1.67 bits per heavy atom. The van der Waals surface area contributed by atoms with Crippen molar-refractivity contribution in [2.75, 3.05) is 17.7 Å². The first-order chi connectivity index (χ1) is 21.5. The van der Waals surface area contributed by atoms with Crippen LogP contribution in [-0.4, -0.2) is 35.0 Å². The van der Waals surface area contributed by atoms with Gasteiger partial charge in [-0.2, -0.15) is 0 Å². The van der Waals surface area contributed by atoms with Crippen LogP contribution in [0.4, 0.5) is 17.1 Å². The van der Waals surface area contributed by atoms with E-state index in [2.05, 4.69) is 16.0 Å². The van der Waals surface area contributed by atoms with Gasteiger partial charge in [0, 0.05) is 33.3 Å². The highest BCUT2D eigenvalue weighted by Crippen LogP contribution is 2.32. The third kappa shape index (κ3) is 8.71. The number of nitro groups is 1. The molecule has 0 saturated heterocycles. The highest BCUT2D eigenvalue weighted by atomic mass is 35.5. The molecule has 0 fully saturated rings. The van der Waals surface area contributed by atoms with E-state index in [0.29, 0.717) is 32.6 Å². The first kappa shape index (κ1) is 32.8. The van der Waals surface area contributed by atoms with E-state index >= 15 is 0 Å². The fourth-order valence-electron chi connectivity index (χ4n) is 4.14. The van der Waals surface area contributed by atoms with Crippen LogP contribution >= 0.6 is 23.4 Å². The highest BCUT2D eigenvalue weighted by Gasteiger charge is 2.20. The van der Waals surface area contributed by atoms with E-state index in [4.69, 9.17) is 16.3 Å². The van der Waals surface area contributed by atoms with E-state index < -0.39 is 22.0 Å². The third-order valence-corrected chi connectivity index (χ3v) is 7.98. The van der Waals surface area contributed by atoms with E-state index in [1.165, 1.54) is 43.1 Å². The number of amides is 3. The number of methoxy groups -OCH3 is 1. The van der Waals surface area contributed by atoms with E-state index in [0.717, 1.165) is 5.56 Å². The van der Waals surface area contributed by atoms with Crippen molar-refractivity contribution in [3.8, 4) is 5.75 Å². The van der Waals surface area contributed by atoms with Crippen LogP contribution in [0, 0.1) is 17.0 Å². The lowest BCUT2D eigenvalue weighted by Gasteiger charge is -2.16. The summed E-state index contributed by atoms with van der Waals surface area (Å²) < 4.78 is 5.35. The summed E-state index contributed by atoms with van der Waals surface area (Å²) in [5.41, 5.74) is 1.67. The summed E-state index contributed by atoms with van der Waals surface area (Å²) >= 11 is 7.44. The third-order valence-electron chi connectivity index (χ3n) is 6.47. The number of anilines is 2. The molecule has 0 aliphatic carbocycles. The molecule has 0 saturated carbocycles. The molecule has 4 aromatic carbocycles. The molecule has 10 nitrogen and oxygen atoms in total. The number of hydrogen-bond acceptors (Lipinski definition) is 7. The van der Waals surface area contributed by atoms with Crippen molar-refractivity contribution in [1.82, 2.24) is 5.32 Å². The number of ether oxygens (including phenoxy) is 1. The van der Waals surface area contributed by atoms with E-state index in [-0.39, 0.29) is 22.9 Å². The van der Waals surface area contributed by atoms with Gasteiger partial charge in [-0.3, -0.25) is 24.5 Å². The number of carbonyl (C=O) groups excluding carboxylic acids is 3. The minimum atomic E-state index is -0.699. The van der Waals surface area contributed by atoms with Gasteiger partial charge in [0.1, 0.15) is 11.4 Å². The molecule has 0 aromatic heterocycles. The van der Waals surface area contributed by atoms with Crippen LogP contribution < -0.4 is 20.7 Å². The van der Waals surface area contributed by atoms with Crippen molar-refractivity contribution in [3.05, 3.63) is 129 Å². The Hall–Kier alpha value is -5.13. The van der Waals surface area contributed by atoms with E-state index in [1.807, 2.05) is 6.92 Å². The standard InChI is InChI=1S/C33H29ClN4O6S/c1-20-16-27(30(44-3)19-26(20)34)36-31(39)21(2)45-25-14-9-13-24(18-25)35-33(41)28(37-32(40)22-10-5-4-6-11-22)17-23-12-7-8-15-29(23)38(42)43/h4-19,21H,1-3H3,(H,35,41)(H,36,39)(H,37,40)/b28-17+. The first-order valence-electron chi connectivity index (χ1n) is 13.6. The lowest BCUT2D eigenvalue weighted by Crippen LogP contribution is -2.30. The second-order valence-electron chi connectivity index (χ2n) is 9.73. The average molecular weight is 645 g/mol. The van der Waals surface area contributed by atoms with E-state index in [9.17, 15) is 24.5 Å². The van der Waals surface area contributed by atoms with Crippen LogP contribution in [0.2, 0.25) is 5.02 Å². The molecule has 0 aliphatic heterocycles. The lowest BCUT2D eigenvalue weighted by molar-refractivity contribution is -0.385. The zero-order chi connectivity index (χ0) is 32.5. The quantitative estimate of drug-likeness (QED) is 0.0685. The molecule has 1 atom stereocenters. The van der Waals surface area contributed by atoms with Gasteiger partial charge in [0.25, 0.3) is 17.5 Å². The number of nitrogens with zero attached hydrogens (tertiary/aromatic N) is 1. The van der Waals surface area contributed by atoms with Crippen molar-refractivity contribution in [1.29, 1.82) is 0 Å². The number of hydrogen-bond donors (Lipinski definition) is 3. The van der Waals surface area contributed by atoms with Crippen LogP contribution in [0.3, 0.4) is 0 Å². The van der Waals surface area contributed by atoms with Crippen LogP contribution in [0.5, 0.6) is 5.75 Å². The molecule has 0 radical (unpaired) electrons. The average Bonchev–Trinajstić information content (AvgIpc) is 3.03. The van der Waals surface area contributed by atoms with Gasteiger partial charge in [0.05, 0.1) is 28.5 Å². The SMILES string of the molecule is COc1cc(Cl)c(C)cc1NC(=O)C(C)Sc1cccc(NC(=O)/C(=C\c2ccccc2[N+](=O)[O-])NC(=O)c2ccccc2)c1. The number of benzene rings is 4. The Kier molecular flexibility index (Phi) is 11.0. The fraction of sp³-hybridized carbons (Fsp3) is 0.121. The molecule has 12 heteroatoms. The smallest absolute Gasteiger partial charge is 0.276 e. The van der Waals surface area contributed by atoms with Crippen molar-refractivity contribution in [3.63, 3.8) is 0 Å². The maximum Gasteiger partial charge on any atom is 0.276 e. The van der Waals surface area contributed by atoms with Gasteiger partial charge in [0.15, 0.2) is 0 Å². The summed E-state index contributed by atoms with van der Waals surface area (Å²) in [6.07, 6.45) is 1.26. The molecule has 0 aliphatic rings. The number of nitrogens with one attached hydrogen (secondary N) is 3. The van der Waals surface area contributed by atoms with Gasteiger partial charge in [0.2, 0.25) is 5.91 Å². The van der Waals surface area contributed by atoms with Gasteiger partial charge in [-0.05, 0) is 68.0 Å². The number of rotatable bonds is 11. The Labute approximate surface area is 269 Å². The van der Waals surface area contributed by atoms with Crippen molar-refractivity contribution in [2.24, 2.45) is 0 Å². The highest BCUT2D eigenvalue weighted by molar-refractivity contribution is 8.00. The van der Waals surface area contributed by atoms with Crippen molar-refractivity contribution >= 4 is 64.2 Å². The largest absolute Gasteiger partial charge is 0.495 e. The van der Waals surface area contributed by atoms with Gasteiger partial charge in [-0.15, -0.1) is 11.8 Å². The number of aryl methyl sites for hydroxylation is 1. The van der Waals surface area contributed by atoms with Crippen LogP contribution in [0.25, 0.3) is 6.08 Å². The Morgan fingerprint density at radius 3 is 2.38 bits per heavy atom. The zero-order valence-electron chi connectivity index (χ0n) is 24.5. The summed E-state index contributed by atoms with van der Waals surface area (Å²) in [5.74, 6) is -1.10. The molecule has 45 heavy (non-hydrogen) atoms. The predicted octanol–water partition coefficient (Wildman–Crippen LogP) is 7.09. The first-order valence-corrected chi connectivity index (χ1v) is 14.9. The number of carbonyl (C=O) groups is 3. The summed E-state index contributed by atoms with van der Waals surface area (Å²) in [6.45, 7) is 3.57. The maximum atomic E-state index is 13.5. The van der Waals surface area contributed by atoms with Crippen molar-refractivity contribution < 1.29 is 24.0 Å². The maximum absolute atomic E-state index is 13.5. The van der Waals surface area contributed by atoms with Gasteiger partial charge >= 0.3 is 0 Å². The fourth-order valence-corrected chi connectivity index (χ4v) is 5.22. The topological polar surface area (TPSA) is 140 Å². The van der Waals surface area contributed by atoms with Crippen LogP contribution in [0.15, 0.2) is 102 Å². The molecular formula is C33H29ClN4O6S. The molecular weight excluding hydrogens is 616 g/mol. The molecule has 0 spiro atoms. The molecule has 4 rings (SSSR count). The number of nitro benzene ring substituents is 1. The number of halogens is 1. The summed E-state index contributed by atoms with van der Waals surface area (Å²) in [6, 6.07) is 24.4. The van der Waals surface area contributed by atoms with Gasteiger partial charge < -0.3 is 20.7 Å². The molecule has 0 heterocycles. The Morgan fingerprint density at radius 1 is 0.956 bits per heavy atom. The molecule has 3 N–H and O–H groups in total. The lowest BCUT2D eigenvalue weighted by atomic mass is 10.1. The van der Waals surface area contributed by atoms with Gasteiger partial charge in [-0.1, -0.05) is 48.0 Å². The molecule has 4 aromatic rings. The summed E-state index contributed by atoms with van der Waals surface area (Å²) in [7, 11) is 1.49. The van der Waals surface area contributed by atoms with Crippen LogP contribution in [0.1, 0.15) is 28.4 Å². The monoisotopic (exact) mass is 644 g/mol. The minimum Gasteiger partial charge on any atom is -0.495 e. The number of para-hydroxylation sites is 1. The Balaban J connectivity index is 1.53. The summed E-state index contributed by atoms with van der Waals surface area (Å²) in [4.78, 5) is 51.1. The minimum absolute atomic E-state index is 0.137. The normalized spacial score (nSPS) is 11.7. The predicted molar refractivity (Wildman–Crippen MR) is 177 cm³/mol. The number of thioether (sulfide) groups is 1. The van der Waals surface area contributed by atoms with Gasteiger partial charge in [-0.25, -0.2) is 0 Å². The zero-order valence-corrected chi connectivity index (χ0v) is 26.1. The molecule has 230 valence electrons. The second-order valence-corrected chi connectivity index (χ2v) is 11.5. The second kappa shape index (κ2) is 15.0. The van der Waals surface area contributed by atoms with Crippen molar-refractivity contribution in [2.45, 2.75) is 24.0 Å². The molecule has 3 amide bonds. The van der Waals surface area contributed by atoms with E-state index in [1.54, 1.807) is 79.7 Å². The molecule has 1 unspecified atom stereocenters. The Bertz CT molecular complexity index is 1780. The molecule has 0 bridgehead atoms. The summed E-state index contributed by atoms with van der Waals surface area (Å²) in [5, 5.41) is 19.8. The van der Waals surface area contributed by atoms with Crippen LogP contribution in [-0.2, 0) is 9.59 Å².